The van der Waals surface area contributed by atoms with E-state index in [9.17, 15) is 18.0 Å². The molecular weight excluding hydrogens is 475 g/mol. The first-order valence-corrected chi connectivity index (χ1v) is 10.8. The van der Waals surface area contributed by atoms with Crippen LogP contribution in [0.2, 0.25) is 5.02 Å². The fourth-order valence-corrected chi connectivity index (χ4v) is 4.02. The zero-order valence-electron chi connectivity index (χ0n) is 18.4. The number of hydrogen-bond acceptors (Lipinski definition) is 7. The highest BCUT2D eigenvalue weighted by Gasteiger charge is 2.33. The van der Waals surface area contributed by atoms with Crippen LogP contribution in [0.1, 0.15) is 28.5 Å². The number of alkyl halides is 3. The second-order valence-electron chi connectivity index (χ2n) is 7.51. The van der Waals surface area contributed by atoms with Gasteiger partial charge in [0.2, 0.25) is 5.88 Å². The van der Waals surface area contributed by atoms with Crippen LogP contribution in [0.4, 0.5) is 19.0 Å². The molecule has 0 atom stereocenters. The largest absolute Gasteiger partial charge is 0.480 e. The standard InChI is InChI=1S/C21H21ClF3N7O2/c1-3-16-14(12-27-32(16)17-4-5-18(34-2)29-28-17)20(33)31-8-6-30(7-9-31)19-15(22)10-13(11-26-19)21(23,24)25/h4-5,10-12H,3,6-9H2,1-2H3. The lowest BCUT2D eigenvalue weighted by Gasteiger charge is -2.35. The van der Waals surface area contributed by atoms with Gasteiger partial charge in [0, 0.05) is 38.4 Å². The van der Waals surface area contributed by atoms with Crippen molar-refractivity contribution in [1.29, 1.82) is 0 Å². The van der Waals surface area contributed by atoms with Crippen LogP contribution in [-0.4, -0.2) is 69.1 Å². The highest BCUT2D eigenvalue weighted by Crippen LogP contribution is 2.33. The van der Waals surface area contributed by atoms with Gasteiger partial charge in [0.25, 0.3) is 5.91 Å². The highest BCUT2D eigenvalue weighted by molar-refractivity contribution is 6.33. The fraction of sp³-hybridized carbons (Fsp3) is 0.381. The minimum absolute atomic E-state index is 0.0789. The summed E-state index contributed by atoms with van der Waals surface area (Å²) in [5, 5.41) is 12.3. The van der Waals surface area contributed by atoms with Gasteiger partial charge in [-0.2, -0.15) is 18.3 Å². The monoisotopic (exact) mass is 495 g/mol. The van der Waals surface area contributed by atoms with E-state index in [4.69, 9.17) is 16.3 Å². The van der Waals surface area contributed by atoms with Crippen molar-refractivity contribution in [3.8, 4) is 11.7 Å². The van der Waals surface area contributed by atoms with Crippen LogP contribution >= 0.6 is 11.6 Å². The Morgan fingerprint density at radius 2 is 1.88 bits per heavy atom. The maximum Gasteiger partial charge on any atom is 0.417 e. The van der Waals surface area contributed by atoms with Crippen molar-refractivity contribution in [2.24, 2.45) is 0 Å². The quantitative estimate of drug-likeness (QED) is 0.536. The van der Waals surface area contributed by atoms with Gasteiger partial charge in [-0.05, 0) is 18.6 Å². The molecule has 3 aromatic heterocycles. The van der Waals surface area contributed by atoms with E-state index < -0.39 is 11.7 Å². The van der Waals surface area contributed by atoms with Crippen molar-refractivity contribution in [2.45, 2.75) is 19.5 Å². The van der Waals surface area contributed by atoms with E-state index in [0.29, 0.717) is 55.6 Å². The number of piperazine rings is 1. The van der Waals surface area contributed by atoms with Crippen LogP contribution in [-0.2, 0) is 12.6 Å². The minimum atomic E-state index is -4.51. The van der Waals surface area contributed by atoms with Crippen molar-refractivity contribution in [1.82, 2.24) is 29.9 Å². The van der Waals surface area contributed by atoms with E-state index in [1.807, 2.05) is 6.92 Å². The number of anilines is 1. The number of aromatic nitrogens is 5. The molecule has 4 heterocycles. The Labute approximate surface area is 198 Å². The molecule has 0 radical (unpaired) electrons. The molecule has 1 aliphatic rings. The Kier molecular flexibility index (Phi) is 6.60. The normalized spacial score (nSPS) is 14.4. The lowest BCUT2D eigenvalue weighted by Crippen LogP contribution is -2.49. The second kappa shape index (κ2) is 9.45. The van der Waals surface area contributed by atoms with Gasteiger partial charge >= 0.3 is 6.18 Å². The summed E-state index contributed by atoms with van der Waals surface area (Å²) >= 11 is 6.07. The third-order valence-electron chi connectivity index (χ3n) is 5.50. The average molecular weight is 496 g/mol. The smallest absolute Gasteiger partial charge is 0.417 e. The van der Waals surface area contributed by atoms with E-state index in [0.717, 1.165) is 12.3 Å². The number of nitrogens with zero attached hydrogens (tertiary/aromatic N) is 7. The molecule has 1 aliphatic heterocycles. The predicted octanol–water partition coefficient (Wildman–Crippen LogP) is 3.26. The molecule has 34 heavy (non-hydrogen) atoms. The third-order valence-corrected chi connectivity index (χ3v) is 5.78. The van der Waals surface area contributed by atoms with Crippen LogP contribution in [0.5, 0.6) is 5.88 Å². The zero-order valence-corrected chi connectivity index (χ0v) is 19.1. The SMILES string of the molecule is CCc1c(C(=O)N2CCN(c3ncc(C(F)(F)F)cc3Cl)CC2)cnn1-c1ccc(OC)nn1. The van der Waals surface area contributed by atoms with Crippen LogP contribution in [0, 0.1) is 0 Å². The molecule has 0 aliphatic carbocycles. The first kappa shape index (κ1) is 23.7. The maximum absolute atomic E-state index is 13.2. The highest BCUT2D eigenvalue weighted by atomic mass is 35.5. The zero-order chi connectivity index (χ0) is 24.5. The molecule has 3 aromatic rings. The van der Waals surface area contributed by atoms with Gasteiger partial charge < -0.3 is 14.5 Å². The molecule has 13 heteroatoms. The third kappa shape index (κ3) is 4.63. The minimum Gasteiger partial charge on any atom is -0.480 e. The van der Waals surface area contributed by atoms with Crippen LogP contribution in [0.25, 0.3) is 5.82 Å². The maximum atomic E-state index is 13.2. The summed E-state index contributed by atoms with van der Waals surface area (Å²) in [6, 6.07) is 4.22. The number of carbonyl (C=O) groups excluding carboxylic acids is 1. The number of hydrogen-bond donors (Lipinski definition) is 0. The van der Waals surface area contributed by atoms with E-state index in [1.165, 1.54) is 13.3 Å². The Morgan fingerprint density at radius 1 is 1.15 bits per heavy atom. The number of carbonyl (C=O) groups is 1. The summed E-state index contributed by atoms with van der Waals surface area (Å²) < 4.78 is 45.2. The molecular formula is C21H21ClF3N7O2. The van der Waals surface area contributed by atoms with E-state index in [-0.39, 0.29) is 16.7 Å². The molecule has 0 unspecified atom stereocenters. The van der Waals surface area contributed by atoms with Gasteiger partial charge in [-0.15, -0.1) is 10.2 Å². The topological polar surface area (TPSA) is 89.3 Å². The molecule has 1 fully saturated rings. The van der Waals surface area contributed by atoms with Crippen molar-refractivity contribution in [3.05, 3.63) is 52.4 Å². The van der Waals surface area contributed by atoms with Gasteiger partial charge in [0.1, 0.15) is 5.82 Å². The summed E-state index contributed by atoms with van der Waals surface area (Å²) in [4.78, 5) is 20.6. The van der Waals surface area contributed by atoms with Crippen molar-refractivity contribution < 1.29 is 22.7 Å². The van der Waals surface area contributed by atoms with E-state index >= 15 is 0 Å². The second-order valence-corrected chi connectivity index (χ2v) is 7.92. The van der Waals surface area contributed by atoms with E-state index in [1.54, 1.807) is 26.6 Å². The number of amides is 1. The Morgan fingerprint density at radius 3 is 2.44 bits per heavy atom. The van der Waals surface area contributed by atoms with Gasteiger partial charge in [0.15, 0.2) is 5.82 Å². The summed E-state index contributed by atoms with van der Waals surface area (Å²) in [6.45, 7) is 3.38. The van der Waals surface area contributed by atoms with Crippen LogP contribution < -0.4 is 9.64 Å². The molecule has 4 rings (SSSR count). The molecule has 0 N–H and O–H groups in total. The number of ether oxygens (including phenoxy) is 1. The molecule has 180 valence electrons. The molecule has 1 saturated heterocycles. The average Bonchev–Trinajstić information content (AvgIpc) is 3.27. The Balaban J connectivity index is 1.47. The summed E-state index contributed by atoms with van der Waals surface area (Å²) in [7, 11) is 1.49. The lowest BCUT2D eigenvalue weighted by atomic mass is 10.1. The predicted molar refractivity (Wildman–Crippen MR) is 117 cm³/mol. The first-order valence-electron chi connectivity index (χ1n) is 10.4. The number of rotatable bonds is 5. The van der Waals surface area contributed by atoms with Crippen molar-refractivity contribution in [3.63, 3.8) is 0 Å². The molecule has 0 saturated carbocycles. The lowest BCUT2D eigenvalue weighted by molar-refractivity contribution is -0.137. The molecule has 1 amide bonds. The number of pyridine rings is 1. The van der Waals surface area contributed by atoms with Gasteiger partial charge in [0.05, 0.1) is 35.2 Å². The number of methoxy groups -OCH3 is 1. The molecule has 0 aromatic carbocycles. The van der Waals surface area contributed by atoms with Crippen molar-refractivity contribution in [2.75, 3.05) is 38.2 Å². The Bertz CT molecular complexity index is 1180. The van der Waals surface area contributed by atoms with Gasteiger partial charge in [-0.3, -0.25) is 4.79 Å². The summed E-state index contributed by atoms with van der Waals surface area (Å²) in [5.74, 6) is 0.910. The molecule has 0 bridgehead atoms. The van der Waals surface area contributed by atoms with Crippen LogP contribution in [0.3, 0.4) is 0 Å². The summed E-state index contributed by atoms with van der Waals surface area (Å²) in [6.07, 6.45) is -1.70. The Hall–Kier alpha value is -3.41. The number of halogens is 4. The van der Waals surface area contributed by atoms with Gasteiger partial charge in [-0.25, -0.2) is 9.67 Å². The fourth-order valence-electron chi connectivity index (χ4n) is 3.73. The first-order chi connectivity index (χ1) is 16.2. The van der Waals surface area contributed by atoms with Crippen LogP contribution in [0.15, 0.2) is 30.6 Å². The summed E-state index contributed by atoms with van der Waals surface area (Å²) in [5.41, 5.74) is 0.249. The van der Waals surface area contributed by atoms with Crippen molar-refractivity contribution >= 4 is 23.3 Å². The van der Waals surface area contributed by atoms with Gasteiger partial charge in [-0.1, -0.05) is 18.5 Å². The van der Waals surface area contributed by atoms with E-state index in [2.05, 4.69) is 20.3 Å². The molecule has 9 nitrogen and oxygen atoms in total. The molecule has 0 spiro atoms.